The number of aryl methyl sites for hydroxylation is 1. The van der Waals surface area contributed by atoms with E-state index in [-0.39, 0.29) is 5.91 Å². The average Bonchev–Trinajstić information content (AvgIpc) is 2.44. The smallest absolute Gasteiger partial charge is 0.296 e. The van der Waals surface area contributed by atoms with Gasteiger partial charge in [0.05, 0.1) is 22.9 Å². The van der Waals surface area contributed by atoms with Crippen LogP contribution in [0.3, 0.4) is 0 Å². The Balaban J connectivity index is 2.60. The van der Waals surface area contributed by atoms with Crippen LogP contribution in [0.25, 0.3) is 0 Å². The Labute approximate surface area is 90.8 Å². The standard InChI is InChI=1S/C9H10BrN3O/c1-3-4-9(14)11-6-8-7(10)5-12-13(8)2/h5H,6H2,1-2H3,(H,11,14). The first kappa shape index (κ1) is 10.8. The molecule has 1 heterocycles. The lowest BCUT2D eigenvalue weighted by molar-refractivity contribution is -0.115. The van der Waals surface area contributed by atoms with Crippen LogP contribution in [0.4, 0.5) is 0 Å². The van der Waals surface area contributed by atoms with Crippen molar-refractivity contribution < 1.29 is 4.79 Å². The normalized spacial score (nSPS) is 9.07. The van der Waals surface area contributed by atoms with Gasteiger partial charge in [0.2, 0.25) is 0 Å². The fourth-order valence-electron chi connectivity index (χ4n) is 0.957. The van der Waals surface area contributed by atoms with E-state index in [4.69, 9.17) is 0 Å². The summed E-state index contributed by atoms with van der Waals surface area (Å²) in [5.74, 6) is 4.66. The zero-order valence-electron chi connectivity index (χ0n) is 7.97. The van der Waals surface area contributed by atoms with Crippen molar-refractivity contribution in [1.82, 2.24) is 15.1 Å². The Morgan fingerprint density at radius 1 is 1.79 bits per heavy atom. The van der Waals surface area contributed by atoms with E-state index >= 15 is 0 Å². The molecule has 14 heavy (non-hydrogen) atoms. The second-order valence-corrected chi connectivity index (χ2v) is 3.47. The Hall–Kier alpha value is -1.28. The molecule has 0 fully saturated rings. The third kappa shape index (κ3) is 2.60. The first-order valence-electron chi connectivity index (χ1n) is 4.02. The number of aromatic nitrogens is 2. The van der Waals surface area contributed by atoms with Gasteiger partial charge in [0, 0.05) is 7.05 Å². The molecule has 1 N–H and O–H groups in total. The van der Waals surface area contributed by atoms with Gasteiger partial charge in [-0.25, -0.2) is 0 Å². The summed E-state index contributed by atoms with van der Waals surface area (Å²) < 4.78 is 2.58. The molecule has 1 aromatic rings. The molecule has 0 spiro atoms. The summed E-state index contributed by atoms with van der Waals surface area (Å²) in [6.07, 6.45) is 1.69. The van der Waals surface area contributed by atoms with Crippen LogP contribution >= 0.6 is 15.9 Å². The highest BCUT2D eigenvalue weighted by atomic mass is 79.9. The van der Waals surface area contributed by atoms with Gasteiger partial charge in [0.25, 0.3) is 5.91 Å². The molecule has 0 aromatic carbocycles. The van der Waals surface area contributed by atoms with Gasteiger partial charge in [-0.1, -0.05) is 5.92 Å². The summed E-state index contributed by atoms with van der Waals surface area (Å²) in [4.78, 5) is 11.0. The summed E-state index contributed by atoms with van der Waals surface area (Å²) in [6.45, 7) is 2.05. The lowest BCUT2D eigenvalue weighted by Crippen LogP contribution is -2.22. The molecule has 0 radical (unpaired) electrons. The number of halogens is 1. The van der Waals surface area contributed by atoms with E-state index in [2.05, 4.69) is 38.2 Å². The summed E-state index contributed by atoms with van der Waals surface area (Å²) >= 11 is 3.34. The largest absolute Gasteiger partial charge is 0.340 e. The Kier molecular flexibility index (Phi) is 3.72. The van der Waals surface area contributed by atoms with Crippen LogP contribution in [0.2, 0.25) is 0 Å². The molecule has 1 aromatic heterocycles. The van der Waals surface area contributed by atoms with Gasteiger partial charge < -0.3 is 5.32 Å². The Morgan fingerprint density at radius 3 is 3.00 bits per heavy atom. The maximum Gasteiger partial charge on any atom is 0.296 e. The van der Waals surface area contributed by atoms with E-state index in [0.29, 0.717) is 6.54 Å². The highest BCUT2D eigenvalue weighted by molar-refractivity contribution is 9.10. The predicted octanol–water partition coefficient (Wildman–Crippen LogP) is 0.822. The van der Waals surface area contributed by atoms with Crippen molar-refractivity contribution in [1.29, 1.82) is 0 Å². The van der Waals surface area contributed by atoms with Crippen LogP contribution in [0.15, 0.2) is 10.7 Å². The molecule has 0 aliphatic rings. The number of carbonyl (C=O) groups is 1. The van der Waals surface area contributed by atoms with Gasteiger partial charge in [-0.3, -0.25) is 9.48 Å². The fourth-order valence-corrected chi connectivity index (χ4v) is 1.45. The quantitative estimate of drug-likeness (QED) is 0.796. The molecule has 0 aliphatic carbocycles. The molecule has 4 nitrogen and oxygen atoms in total. The molecular formula is C9H10BrN3O. The van der Waals surface area contributed by atoms with E-state index in [1.165, 1.54) is 0 Å². The zero-order valence-corrected chi connectivity index (χ0v) is 9.55. The van der Waals surface area contributed by atoms with Crippen molar-refractivity contribution in [2.75, 3.05) is 0 Å². The van der Waals surface area contributed by atoms with Crippen LogP contribution < -0.4 is 5.32 Å². The minimum absolute atomic E-state index is 0.277. The minimum Gasteiger partial charge on any atom is -0.340 e. The number of hydrogen-bond donors (Lipinski definition) is 1. The van der Waals surface area contributed by atoms with Gasteiger partial charge >= 0.3 is 0 Å². The Bertz CT molecular complexity index is 380. The van der Waals surface area contributed by atoms with Crippen LogP contribution in [0, 0.1) is 11.8 Å². The van der Waals surface area contributed by atoms with E-state index in [1.54, 1.807) is 17.8 Å². The number of nitrogens with one attached hydrogen (secondary N) is 1. The molecule has 0 atom stereocenters. The van der Waals surface area contributed by atoms with Crippen molar-refractivity contribution in [3.05, 3.63) is 16.4 Å². The van der Waals surface area contributed by atoms with Crippen LogP contribution in [0.5, 0.6) is 0 Å². The molecule has 0 aliphatic heterocycles. The fraction of sp³-hybridized carbons (Fsp3) is 0.333. The molecule has 0 saturated heterocycles. The monoisotopic (exact) mass is 255 g/mol. The highest BCUT2D eigenvalue weighted by Gasteiger charge is 2.06. The number of nitrogens with zero attached hydrogens (tertiary/aromatic N) is 2. The maximum absolute atomic E-state index is 11.0. The molecular weight excluding hydrogens is 246 g/mol. The van der Waals surface area contributed by atoms with Gasteiger partial charge in [0.15, 0.2) is 0 Å². The molecule has 0 unspecified atom stereocenters. The SMILES string of the molecule is CC#CC(=O)NCc1c(Br)cnn1C. The zero-order chi connectivity index (χ0) is 10.6. The Morgan fingerprint density at radius 2 is 2.50 bits per heavy atom. The number of amides is 1. The van der Waals surface area contributed by atoms with Crippen molar-refractivity contribution in [3.63, 3.8) is 0 Å². The van der Waals surface area contributed by atoms with E-state index in [1.807, 2.05) is 7.05 Å². The molecule has 0 saturated carbocycles. The van der Waals surface area contributed by atoms with Crippen molar-refractivity contribution >= 4 is 21.8 Å². The summed E-state index contributed by atoms with van der Waals surface area (Å²) in [7, 11) is 1.82. The summed E-state index contributed by atoms with van der Waals surface area (Å²) in [5, 5.41) is 6.69. The van der Waals surface area contributed by atoms with Gasteiger partial charge in [-0.2, -0.15) is 5.10 Å². The van der Waals surface area contributed by atoms with E-state index in [0.717, 1.165) is 10.2 Å². The first-order chi connectivity index (χ1) is 6.65. The van der Waals surface area contributed by atoms with Crippen LogP contribution in [-0.2, 0) is 18.4 Å². The first-order valence-corrected chi connectivity index (χ1v) is 4.81. The maximum atomic E-state index is 11.0. The van der Waals surface area contributed by atoms with Crippen LogP contribution in [0.1, 0.15) is 12.6 Å². The second kappa shape index (κ2) is 4.82. The van der Waals surface area contributed by atoms with E-state index < -0.39 is 0 Å². The minimum atomic E-state index is -0.277. The topological polar surface area (TPSA) is 46.9 Å². The molecule has 0 bridgehead atoms. The molecule has 74 valence electrons. The van der Waals surface area contributed by atoms with Gasteiger partial charge in [-0.05, 0) is 28.8 Å². The van der Waals surface area contributed by atoms with Crippen molar-refractivity contribution in [2.45, 2.75) is 13.5 Å². The molecule has 5 heteroatoms. The second-order valence-electron chi connectivity index (χ2n) is 2.62. The van der Waals surface area contributed by atoms with E-state index in [9.17, 15) is 4.79 Å². The summed E-state index contributed by atoms with van der Waals surface area (Å²) in [5.41, 5.74) is 0.913. The molecule has 1 amide bonds. The summed E-state index contributed by atoms with van der Waals surface area (Å²) in [6, 6.07) is 0. The lowest BCUT2D eigenvalue weighted by Gasteiger charge is -2.02. The lowest BCUT2D eigenvalue weighted by atomic mass is 10.4. The van der Waals surface area contributed by atoms with Crippen molar-refractivity contribution in [3.8, 4) is 11.8 Å². The number of carbonyl (C=O) groups excluding carboxylic acids is 1. The van der Waals surface area contributed by atoms with Gasteiger partial charge in [0.1, 0.15) is 0 Å². The number of rotatable bonds is 2. The third-order valence-corrected chi connectivity index (χ3v) is 2.33. The van der Waals surface area contributed by atoms with Crippen molar-refractivity contribution in [2.24, 2.45) is 7.05 Å². The number of hydrogen-bond acceptors (Lipinski definition) is 2. The van der Waals surface area contributed by atoms with Gasteiger partial charge in [-0.15, -0.1) is 0 Å². The average molecular weight is 256 g/mol. The third-order valence-electron chi connectivity index (χ3n) is 1.67. The molecule has 1 rings (SSSR count). The highest BCUT2D eigenvalue weighted by Crippen LogP contribution is 2.14. The predicted molar refractivity (Wildman–Crippen MR) is 56.2 cm³/mol. The van der Waals surface area contributed by atoms with Crippen LogP contribution in [-0.4, -0.2) is 15.7 Å².